The summed E-state index contributed by atoms with van der Waals surface area (Å²) in [6, 6.07) is 7.39. The van der Waals surface area contributed by atoms with Gasteiger partial charge in [-0.3, -0.25) is 14.5 Å². The van der Waals surface area contributed by atoms with Crippen molar-refractivity contribution in [3.05, 3.63) is 24.3 Å². The van der Waals surface area contributed by atoms with E-state index in [9.17, 15) is 9.59 Å². The standard InChI is InChI=1S/C18H23N3O3/c22-16(20-9-6-18(7-10-20)5-8-19-13-18)11-21-14-3-1-2-4-15(14)24-12-17(21)23/h1-4,19H,5-13H2. The normalized spacial score (nSPS) is 22.4. The highest BCUT2D eigenvalue weighted by molar-refractivity contribution is 6.02. The molecule has 3 heterocycles. The largest absolute Gasteiger partial charge is 0.482 e. The van der Waals surface area contributed by atoms with Gasteiger partial charge in [-0.1, -0.05) is 12.1 Å². The molecule has 1 N–H and O–H groups in total. The topological polar surface area (TPSA) is 61.9 Å². The minimum Gasteiger partial charge on any atom is -0.482 e. The maximum Gasteiger partial charge on any atom is 0.265 e. The molecular weight excluding hydrogens is 306 g/mol. The molecule has 2 fully saturated rings. The molecule has 2 amide bonds. The van der Waals surface area contributed by atoms with E-state index in [1.165, 1.54) is 6.42 Å². The number of nitrogens with one attached hydrogen (secondary N) is 1. The summed E-state index contributed by atoms with van der Waals surface area (Å²) < 4.78 is 5.43. The first-order chi connectivity index (χ1) is 11.7. The van der Waals surface area contributed by atoms with Gasteiger partial charge in [0.1, 0.15) is 12.3 Å². The molecule has 1 spiro atoms. The lowest BCUT2D eigenvalue weighted by Gasteiger charge is -2.39. The van der Waals surface area contributed by atoms with Gasteiger partial charge in [0.15, 0.2) is 6.61 Å². The summed E-state index contributed by atoms with van der Waals surface area (Å²) in [5.41, 5.74) is 1.08. The van der Waals surface area contributed by atoms with E-state index in [-0.39, 0.29) is 25.0 Å². The molecule has 3 aliphatic heterocycles. The minimum absolute atomic E-state index is 0.000919. The van der Waals surface area contributed by atoms with E-state index in [4.69, 9.17) is 4.74 Å². The number of likely N-dealkylation sites (tertiary alicyclic amines) is 1. The molecule has 6 heteroatoms. The molecule has 2 saturated heterocycles. The van der Waals surface area contributed by atoms with Gasteiger partial charge in [0.25, 0.3) is 5.91 Å². The van der Waals surface area contributed by atoms with Gasteiger partial charge in [-0.25, -0.2) is 0 Å². The molecule has 3 aliphatic rings. The maximum absolute atomic E-state index is 12.7. The lowest BCUT2D eigenvalue weighted by atomic mass is 9.78. The number of carbonyl (C=O) groups is 2. The van der Waals surface area contributed by atoms with Crippen molar-refractivity contribution in [1.82, 2.24) is 10.2 Å². The minimum atomic E-state index is -0.157. The fourth-order valence-electron chi connectivity index (χ4n) is 4.02. The van der Waals surface area contributed by atoms with Crippen molar-refractivity contribution < 1.29 is 14.3 Å². The van der Waals surface area contributed by atoms with Crippen LogP contribution in [-0.2, 0) is 9.59 Å². The fourth-order valence-corrected chi connectivity index (χ4v) is 4.02. The van der Waals surface area contributed by atoms with E-state index < -0.39 is 0 Å². The molecule has 128 valence electrons. The maximum atomic E-state index is 12.7. The number of anilines is 1. The number of carbonyl (C=O) groups excluding carboxylic acids is 2. The second-order valence-corrected chi connectivity index (χ2v) is 7.04. The van der Waals surface area contributed by atoms with Crippen LogP contribution in [0.2, 0.25) is 0 Å². The van der Waals surface area contributed by atoms with Crippen LogP contribution in [0.5, 0.6) is 5.75 Å². The average Bonchev–Trinajstić information content (AvgIpc) is 3.06. The van der Waals surface area contributed by atoms with Gasteiger partial charge in [-0.05, 0) is 43.4 Å². The van der Waals surface area contributed by atoms with Crippen molar-refractivity contribution in [2.24, 2.45) is 5.41 Å². The summed E-state index contributed by atoms with van der Waals surface area (Å²) in [5.74, 6) is 0.538. The predicted octanol–water partition coefficient (Wildman–Crippen LogP) is 1.01. The highest BCUT2D eigenvalue weighted by Gasteiger charge is 2.38. The van der Waals surface area contributed by atoms with E-state index >= 15 is 0 Å². The first-order valence-electron chi connectivity index (χ1n) is 8.68. The first kappa shape index (κ1) is 15.4. The van der Waals surface area contributed by atoms with Gasteiger partial charge < -0.3 is 15.0 Å². The molecule has 0 aliphatic carbocycles. The molecule has 0 radical (unpaired) electrons. The second kappa shape index (κ2) is 6.09. The van der Waals surface area contributed by atoms with E-state index in [0.29, 0.717) is 16.9 Å². The Morgan fingerprint density at radius 1 is 1.21 bits per heavy atom. The van der Waals surface area contributed by atoms with E-state index in [1.807, 2.05) is 29.2 Å². The van der Waals surface area contributed by atoms with E-state index in [0.717, 1.165) is 39.0 Å². The van der Waals surface area contributed by atoms with Crippen LogP contribution < -0.4 is 15.0 Å². The van der Waals surface area contributed by atoms with Crippen molar-refractivity contribution in [3.8, 4) is 5.75 Å². The van der Waals surface area contributed by atoms with Gasteiger partial charge in [0.2, 0.25) is 5.91 Å². The Bertz CT molecular complexity index is 645. The number of hydrogen-bond acceptors (Lipinski definition) is 4. The summed E-state index contributed by atoms with van der Waals surface area (Å²) in [5, 5.41) is 3.44. The highest BCUT2D eigenvalue weighted by atomic mass is 16.5. The summed E-state index contributed by atoms with van der Waals surface area (Å²) >= 11 is 0. The Morgan fingerprint density at radius 2 is 2.00 bits per heavy atom. The predicted molar refractivity (Wildman–Crippen MR) is 90.0 cm³/mol. The van der Waals surface area contributed by atoms with Crippen LogP contribution in [0.4, 0.5) is 5.69 Å². The van der Waals surface area contributed by atoms with Crippen molar-refractivity contribution in [2.75, 3.05) is 44.2 Å². The van der Waals surface area contributed by atoms with Crippen molar-refractivity contribution in [2.45, 2.75) is 19.3 Å². The van der Waals surface area contributed by atoms with Gasteiger partial charge >= 0.3 is 0 Å². The molecular formula is C18H23N3O3. The Hall–Kier alpha value is -2.08. The summed E-state index contributed by atoms with van der Waals surface area (Å²) in [6.07, 6.45) is 3.32. The molecule has 4 rings (SSSR count). The molecule has 24 heavy (non-hydrogen) atoms. The smallest absolute Gasteiger partial charge is 0.265 e. The zero-order valence-electron chi connectivity index (χ0n) is 13.8. The fraction of sp³-hybridized carbons (Fsp3) is 0.556. The molecule has 0 atom stereocenters. The molecule has 1 aromatic rings. The molecule has 0 bridgehead atoms. The van der Waals surface area contributed by atoms with Crippen molar-refractivity contribution in [1.29, 1.82) is 0 Å². The zero-order chi connectivity index (χ0) is 16.6. The van der Waals surface area contributed by atoms with Gasteiger partial charge in [0, 0.05) is 19.6 Å². The lowest BCUT2D eigenvalue weighted by molar-refractivity contribution is -0.133. The Kier molecular flexibility index (Phi) is 3.92. The Morgan fingerprint density at radius 3 is 2.75 bits per heavy atom. The van der Waals surface area contributed by atoms with Crippen LogP contribution in [0.1, 0.15) is 19.3 Å². The summed E-state index contributed by atoms with van der Waals surface area (Å²) in [7, 11) is 0. The number of ether oxygens (including phenoxy) is 1. The zero-order valence-corrected chi connectivity index (χ0v) is 13.8. The lowest BCUT2D eigenvalue weighted by Crippen LogP contribution is -2.50. The number of para-hydroxylation sites is 2. The average molecular weight is 329 g/mol. The number of benzene rings is 1. The molecule has 6 nitrogen and oxygen atoms in total. The molecule has 0 saturated carbocycles. The number of piperidine rings is 1. The second-order valence-electron chi connectivity index (χ2n) is 7.04. The third kappa shape index (κ3) is 2.75. The summed E-state index contributed by atoms with van der Waals surface area (Å²) in [4.78, 5) is 28.4. The van der Waals surface area contributed by atoms with Crippen LogP contribution in [0.25, 0.3) is 0 Å². The van der Waals surface area contributed by atoms with Crippen LogP contribution in [0, 0.1) is 5.41 Å². The van der Waals surface area contributed by atoms with Crippen LogP contribution in [0.15, 0.2) is 24.3 Å². The number of fused-ring (bicyclic) bond motifs is 1. The SMILES string of the molecule is O=C(CN1C(=O)COc2ccccc21)N1CCC2(CCNC2)CC1. The summed E-state index contributed by atoms with van der Waals surface area (Å²) in [6.45, 7) is 3.85. The Balaban J connectivity index is 1.42. The number of amides is 2. The monoisotopic (exact) mass is 329 g/mol. The van der Waals surface area contributed by atoms with Crippen LogP contribution in [-0.4, -0.2) is 56.0 Å². The molecule has 0 unspecified atom stereocenters. The number of hydrogen-bond donors (Lipinski definition) is 1. The highest BCUT2D eigenvalue weighted by Crippen LogP contribution is 2.37. The Labute approximate surface area is 141 Å². The molecule has 0 aromatic heterocycles. The van der Waals surface area contributed by atoms with E-state index in [2.05, 4.69) is 5.32 Å². The first-order valence-corrected chi connectivity index (χ1v) is 8.68. The third-order valence-electron chi connectivity index (χ3n) is 5.61. The van der Waals surface area contributed by atoms with E-state index in [1.54, 1.807) is 4.90 Å². The van der Waals surface area contributed by atoms with Crippen LogP contribution in [0.3, 0.4) is 0 Å². The van der Waals surface area contributed by atoms with Crippen molar-refractivity contribution >= 4 is 17.5 Å². The van der Waals surface area contributed by atoms with Gasteiger partial charge in [-0.15, -0.1) is 0 Å². The number of nitrogens with zero attached hydrogens (tertiary/aromatic N) is 2. The number of rotatable bonds is 2. The van der Waals surface area contributed by atoms with Crippen molar-refractivity contribution in [3.63, 3.8) is 0 Å². The van der Waals surface area contributed by atoms with Crippen LogP contribution >= 0.6 is 0 Å². The van der Waals surface area contributed by atoms with Gasteiger partial charge in [0.05, 0.1) is 5.69 Å². The molecule has 1 aromatic carbocycles. The quantitative estimate of drug-likeness (QED) is 0.880. The third-order valence-corrected chi connectivity index (χ3v) is 5.61. The van der Waals surface area contributed by atoms with Gasteiger partial charge in [-0.2, -0.15) is 0 Å².